The molecule has 6 heteroatoms. The number of rotatable bonds is 8. The van der Waals surface area contributed by atoms with E-state index in [0.29, 0.717) is 19.4 Å². The van der Waals surface area contributed by atoms with Crippen LogP contribution in [0.3, 0.4) is 0 Å². The average molecular weight is 387 g/mol. The Morgan fingerprint density at radius 3 is 2.71 bits per heavy atom. The molecular weight excluding hydrogens is 361 g/mol. The van der Waals surface area contributed by atoms with Crippen molar-refractivity contribution in [3.63, 3.8) is 0 Å². The zero-order valence-corrected chi connectivity index (χ0v) is 16.3. The highest BCUT2D eigenvalue weighted by atomic mass is 19.1. The molecule has 1 atom stereocenters. The molecule has 2 aromatic rings. The highest BCUT2D eigenvalue weighted by Gasteiger charge is 2.31. The molecule has 1 heterocycles. The number of methoxy groups -OCH3 is 2. The van der Waals surface area contributed by atoms with Crippen LogP contribution in [-0.4, -0.2) is 38.2 Å². The number of carbonyl (C=O) groups is 1. The standard InChI is InChI=1S/C22H26FNO4/c1-26-16-11-12-20(27-2)17(15-16)19-8-5-13-24(19)22(25)10-6-14-28-21-9-4-3-7-18(21)23/h3-4,7,9,11-12,15,19H,5-6,8,10,13-14H2,1-2H3. The Hall–Kier alpha value is -2.76. The summed E-state index contributed by atoms with van der Waals surface area (Å²) in [5.41, 5.74) is 0.968. The third-order valence-electron chi connectivity index (χ3n) is 5.00. The molecule has 0 bridgehead atoms. The van der Waals surface area contributed by atoms with Crippen LogP contribution in [0.1, 0.15) is 37.3 Å². The molecular formula is C22H26FNO4. The van der Waals surface area contributed by atoms with E-state index in [-0.39, 0.29) is 17.7 Å². The van der Waals surface area contributed by atoms with Gasteiger partial charge in [0, 0.05) is 18.5 Å². The van der Waals surface area contributed by atoms with Gasteiger partial charge in [-0.1, -0.05) is 12.1 Å². The molecule has 0 spiro atoms. The lowest BCUT2D eigenvalue weighted by Gasteiger charge is -2.27. The van der Waals surface area contributed by atoms with Gasteiger partial charge in [-0.25, -0.2) is 4.39 Å². The fraction of sp³-hybridized carbons (Fsp3) is 0.409. The van der Waals surface area contributed by atoms with Crippen LogP contribution in [0.15, 0.2) is 42.5 Å². The summed E-state index contributed by atoms with van der Waals surface area (Å²) in [5.74, 6) is 1.40. The summed E-state index contributed by atoms with van der Waals surface area (Å²) in [7, 11) is 3.26. The molecule has 28 heavy (non-hydrogen) atoms. The fourth-order valence-electron chi connectivity index (χ4n) is 3.60. The Bertz CT molecular complexity index is 811. The van der Waals surface area contributed by atoms with Gasteiger partial charge in [0.05, 0.1) is 26.9 Å². The van der Waals surface area contributed by atoms with Crippen LogP contribution < -0.4 is 14.2 Å². The first-order valence-electron chi connectivity index (χ1n) is 9.52. The predicted molar refractivity (Wildman–Crippen MR) is 104 cm³/mol. The lowest BCUT2D eigenvalue weighted by molar-refractivity contribution is -0.132. The number of hydrogen-bond acceptors (Lipinski definition) is 4. The quantitative estimate of drug-likeness (QED) is 0.631. The number of hydrogen-bond donors (Lipinski definition) is 0. The molecule has 0 saturated carbocycles. The molecule has 1 saturated heterocycles. The molecule has 1 amide bonds. The van der Waals surface area contributed by atoms with E-state index in [0.717, 1.165) is 36.4 Å². The SMILES string of the molecule is COc1ccc(OC)c(C2CCCN2C(=O)CCCOc2ccccc2F)c1. The van der Waals surface area contributed by atoms with Crippen molar-refractivity contribution in [3.05, 3.63) is 53.8 Å². The Kier molecular flexibility index (Phi) is 6.74. The van der Waals surface area contributed by atoms with Crippen LogP contribution >= 0.6 is 0 Å². The summed E-state index contributed by atoms with van der Waals surface area (Å²) >= 11 is 0. The summed E-state index contributed by atoms with van der Waals surface area (Å²) in [6.07, 6.45) is 2.73. The minimum atomic E-state index is -0.390. The Labute approximate surface area is 165 Å². The second kappa shape index (κ2) is 9.44. The smallest absolute Gasteiger partial charge is 0.223 e. The monoisotopic (exact) mass is 387 g/mol. The first-order valence-corrected chi connectivity index (χ1v) is 9.52. The van der Waals surface area contributed by atoms with Gasteiger partial charge in [-0.05, 0) is 49.6 Å². The van der Waals surface area contributed by atoms with Gasteiger partial charge in [0.1, 0.15) is 11.5 Å². The third-order valence-corrected chi connectivity index (χ3v) is 5.00. The lowest BCUT2D eigenvalue weighted by atomic mass is 10.0. The molecule has 1 fully saturated rings. The second-order valence-corrected chi connectivity index (χ2v) is 6.74. The third kappa shape index (κ3) is 4.55. The maximum Gasteiger partial charge on any atom is 0.223 e. The number of amides is 1. The van der Waals surface area contributed by atoms with E-state index in [1.807, 2.05) is 23.1 Å². The Balaban J connectivity index is 1.60. The highest BCUT2D eigenvalue weighted by Crippen LogP contribution is 2.39. The van der Waals surface area contributed by atoms with Gasteiger partial charge in [0.15, 0.2) is 11.6 Å². The van der Waals surface area contributed by atoms with E-state index < -0.39 is 5.82 Å². The molecule has 0 aromatic heterocycles. The van der Waals surface area contributed by atoms with Gasteiger partial charge >= 0.3 is 0 Å². The molecule has 3 rings (SSSR count). The summed E-state index contributed by atoms with van der Waals surface area (Å²) in [4.78, 5) is 14.7. The summed E-state index contributed by atoms with van der Waals surface area (Å²) in [6.45, 7) is 1.02. The molecule has 1 unspecified atom stereocenters. The van der Waals surface area contributed by atoms with Crippen molar-refractivity contribution in [1.82, 2.24) is 4.90 Å². The van der Waals surface area contributed by atoms with Crippen LogP contribution in [0.4, 0.5) is 4.39 Å². The fourth-order valence-corrected chi connectivity index (χ4v) is 3.60. The average Bonchev–Trinajstić information content (AvgIpc) is 3.21. The van der Waals surface area contributed by atoms with Crippen molar-refractivity contribution in [2.24, 2.45) is 0 Å². The van der Waals surface area contributed by atoms with Gasteiger partial charge in [-0.3, -0.25) is 4.79 Å². The molecule has 0 radical (unpaired) electrons. The molecule has 1 aliphatic rings. The van der Waals surface area contributed by atoms with Crippen molar-refractivity contribution < 1.29 is 23.4 Å². The van der Waals surface area contributed by atoms with E-state index in [1.165, 1.54) is 6.07 Å². The number of nitrogens with zero attached hydrogens (tertiary/aromatic N) is 1. The predicted octanol–water partition coefficient (Wildman–Crippen LogP) is 4.37. The highest BCUT2D eigenvalue weighted by molar-refractivity contribution is 5.77. The molecule has 1 aliphatic heterocycles. The van der Waals surface area contributed by atoms with Gasteiger partial charge in [0.2, 0.25) is 5.91 Å². The van der Waals surface area contributed by atoms with E-state index in [2.05, 4.69) is 0 Å². The topological polar surface area (TPSA) is 48.0 Å². The van der Waals surface area contributed by atoms with Crippen LogP contribution in [0.5, 0.6) is 17.2 Å². The van der Waals surface area contributed by atoms with Crippen LogP contribution in [0.25, 0.3) is 0 Å². The number of para-hydroxylation sites is 1. The molecule has 0 aliphatic carbocycles. The molecule has 150 valence electrons. The second-order valence-electron chi connectivity index (χ2n) is 6.74. The van der Waals surface area contributed by atoms with Crippen LogP contribution in [0, 0.1) is 5.82 Å². The maximum absolute atomic E-state index is 13.6. The van der Waals surface area contributed by atoms with Gasteiger partial charge in [-0.15, -0.1) is 0 Å². The first kappa shape index (κ1) is 20.0. The van der Waals surface area contributed by atoms with Crippen LogP contribution in [0.2, 0.25) is 0 Å². The van der Waals surface area contributed by atoms with Gasteiger partial charge in [-0.2, -0.15) is 0 Å². The normalized spacial score (nSPS) is 16.1. The maximum atomic E-state index is 13.6. The van der Waals surface area contributed by atoms with E-state index >= 15 is 0 Å². The lowest BCUT2D eigenvalue weighted by Crippen LogP contribution is -2.30. The van der Waals surface area contributed by atoms with Crippen molar-refractivity contribution in [2.75, 3.05) is 27.4 Å². The van der Waals surface area contributed by atoms with Crippen molar-refractivity contribution >= 4 is 5.91 Å². The molecule has 5 nitrogen and oxygen atoms in total. The molecule has 0 N–H and O–H groups in total. The number of halogens is 1. The Morgan fingerprint density at radius 2 is 1.96 bits per heavy atom. The number of ether oxygens (including phenoxy) is 3. The number of benzene rings is 2. The van der Waals surface area contributed by atoms with Crippen molar-refractivity contribution in [2.45, 2.75) is 31.7 Å². The Morgan fingerprint density at radius 1 is 1.14 bits per heavy atom. The minimum absolute atomic E-state index is 0.0231. The minimum Gasteiger partial charge on any atom is -0.497 e. The van der Waals surface area contributed by atoms with E-state index in [9.17, 15) is 9.18 Å². The zero-order valence-electron chi connectivity index (χ0n) is 16.3. The van der Waals surface area contributed by atoms with E-state index in [4.69, 9.17) is 14.2 Å². The molecule has 2 aromatic carbocycles. The summed E-state index contributed by atoms with van der Waals surface area (Å²) in [6, 6.07) is 11.9. The summed E-state index contributed by atoms with van der Waals surface area (Å²) in [5, 5.41) is 0. The van der Waals surface area contributed by atoms with E-state index in [1.54, 1.807) is 32.4 Å². The van der Waals surface area contributed by atoms with Crippen molar-refractivity contribution in [3.8, 4) is 17.2 Å². The summed E-state index contributed by atoms with van der Waals surface area (Å²) < 4.78 is 29.8. The number of likely N-dealkylation sites (tertiary alicyclic amines) is 1. The van der Waals surface area contributed by atoms with Crippen LogP contribution in [-0.2, 0) is 4.79 Å². The largest absolute Gasteiger partial charge is 0.497 e. The van der Waals surface area contributed by atoms with Gasteiger partial charge < -0.3 is 19.1 Å². The first-order chi connectivity index (χ1) is 13.6. The zero-order chi connectivity index (χ0) is 19.9. The van der Waals surface area contributed by atoms with Crippen molar-refractivity contribution in [1.29, 1.82) is 0 Å². The number of carbonyl (C=O) groups excluding carboxylic acids is 1. The van der Waals surface area contributed by atoms with Gasteiger partial charge in [0.25, 0.3) is 0 Å².